The van der Waals surface area contributed by atoms with Gasteiger partial charge in [-0.1, -0.05) is 12.1 Å². The minimum atomic E-state index is -1.00. The second-order valence-corrected chi connectivity index (χ2v) is 7.27. The predicted molar refractivity (Wildman–Crippen MR) is 89.8 cm³/mol. The maximum absolute atomic E-state index is 12.5. The van der Waals surface area contributed by atoms with Gasteiger partial charge in [-0.2, -0.15) is 0 Å². The fourth-order valence-corrected chi connectivity index (χ4v) is 4.98. The van der Waals surface area contributed by atoms with E-state index in [2.05, 4.69) is 0 Å². The fourth-order valence-electron chi connectivity index (χ4n) is 4.98. The van der Waals surface area contributed by atoms with Gasteiger partial charge in [-0.3, -0.25) is 9.59 Å². The Morgan fingerprint density at radius 2 is 1.08 bits per heavy atom. The first-order valence-electron chi connectivity index (χ1n) is 8.54. The molecule has 2 aromatic rings. The lowest BCUT2D eigenvalue weighted by molar-refractivity contribution is 0.0755. The summed E-state index contributed by atoms with van der Waals surface area (Å²) in [4.78, 5) is 24.9. The Labute approximate surface area is 148 Å². The lowest BCUT2D eigenvalue weighted by Crippen LogP contribution is -2.40. The summed E-state index contributed by atoms with van der Waals surface area (Å²) in [6.45, 7) is 0. The standard InChI is InChI=1S/C20H16O6/c21-9-3-1-7-15-11(23)5-14(26)20-10(22)4-2-8(18(15)20)16-12(24)6-13(25)19(9)17(7)16/h1-4,11-12,15-16,21-24H,5-6H2/t11-,12-,15+,16+/m1/s1. The van der Waals surface area contributed by atoms with E-state index < -0.39 is 24.0 Å². The van der Waals surface area contributed by atoms with Crippen LogP contribution in [0.2, 0.25) is 0 Å². The van der Waals surface area contributed by atoms with E-state index in [1.54, 1.807) is 12.1 Å². The fraction of sp³-hybridized carbons (Fsp3) is 0.300. The van der Waals surface area contributed by atoms with Crippen LogP contribution in [0.25, 0.3) is 0 Å². The van der Waals surface area contributed by atoms with Gasteiger partial charge in [0.2, 0.25) is 0 Å². The van der Waals surface area contributed by atoms with Crippen molar-refractivity contribution in [2.75, 3.05) is 0 Å². The third kappa shape index (κ3) is 1.73. The zero-order valence-corrected chi connectivity index (χ0v) is 13.6. The number of Topliss-reactive ketones (excluding diaryl/α,β-unsaturated/α-hetero) is 2. The van der Waals surface area contributed by atoms with Crippen LogP contribution < -0.4 is 0 Å². The highest BCUT2D eigenvalue weighted by molar-refractivity contribution is 6.05. The molecule has 0 radical (unpaired) electrons. The van der Waals surface area contributed by atoms with Crippen LogP contribution in [0.3, 0.4) is 0 Å². The molecule has 0 aliphatic heterocycles. The molecule has 0 spiro atoms. The van der Waals surface area contributed by atoms with Crippen molar-refractivity contribution in [3.05, 3.63) is 57.6 Å². The number of carbonyl (C=O) groups excluding carboxylic acids is 2. The van der Waals surface area contributed by atoms with E-state index in [1.807, 2.05) is 0 Å². The molecule has 6 nitrogen and oxygen atoms in total. The lowest BCUT2D eigenvalue weighted by atomic mass is 9.61. The molecular formula is C20H16O6. The number of ketones is 2. The average molecular weight is 352 g/mol. The first-order chi connectivity index (χ1) is 12.4. The normalized spacial score (nSPS) is 28.5. The maximum Gasteiger partial charge on any atom is 0.169 e. The number of aliphatic hydroxyl groups is 2. The monoisotopic (exact) mass is 352 g/mol. The molecule has 0 bridgehead atoms. The van der Waals surface area contributed by atoms with Crippen LogP contribution in [-0.2, 0) is 0 Å². The molecule has 3 aliphatic carbocycles. The highest BCUT2D eigenvalue weighted by atomic mass is 16.3. The highest BCUT2D eigenvalue weighted by Crippen LogP contribution is 2.55. The van der Waals surface area contributed by atoms with Crippen molar-refractivity contribution in [2.24, 2.45) is 0 Å². The zero-order valence-electron chi connectivity index (χ0n) is 13.6. The van der Waals surface area contributed by atoms with E-state index in [0.717, 1.165) is 0 Å². The zero-order chi connectivity index (χ0) is 18.3. The third-order valence-corrected chi connectivity index (χ3v) is 5.92. The molecule has 0 saturated heterocycles. The largest absolute Gasteiger partial charge is 0.507 e. The highest BCUT2D eigenvalue weighted by Gasteiger charge is 2.48. The van der Waals surface area contributed by atoms with Gasteiger partial charge in [0, 0.05) is 24.7 Å². The Morgan fingerprint density at radius 3 is 1.46 bits per heavy atom. The van der Waals surface area contributed by atoms with Crippen LogP contribution >= 0.6 is 0 Å². The second kappa shape index (κ2) is 4.93. The molecule has 0 unspecified atom stereocenters. The van der Waals surface area contributed by atoms with Crippen molar-refractivity contribution < 1.29 is 30.0 Å². The SMILES string of the molecule is O=C1C[C@@H](O)[C@@H]2c3ccc(O)c4c3[C@@H](c3ccc(O)c1c32)[C@H](O)CC4=O. The van der Waals surface area contributed by atoms with Gasteiger partial charge in [-0.25, -0.2) is 0 Å². The Balaban J connectivity index is 1.93. The summed E-state index contributed by atoms with van der Waals surface area (Å²) in [7, 11) is 0. The van der Waals surface area contributed by atoms with Gasteiger partial charge in [-0.15, -0.1) is 0 Å². The van der Waals surface area contributed by atoms with Crippen LogP contribution in [0.5, 0.6) is 11.5 Å². The number of aromatic hydroxyl groups is 2. The Bertz CT molecular complexity index is 926. The molecule has 0 heterocycles. The van der Waals surface area contributed by atoms with Crippen LogP contribution in [0.15, 0.2) is 24.3 Å². The van der Waals surface area contributed by atoms with Crippen molar-refractivity contribution in [2.45, 2.75) is 36.9 Å². The van der Waals surface area contributed by atoms with Crippen molar-refractivity contribution in [3.63, 3.8) is 0 Å². The van der Waals surface area contributed by atoms with Crippen LogP contribution in [0, 0.1) is 0 Å². The number of hydrogen-bond donors (Lipinski definition) is 4. The van der Waals surface area contributed by atoms with Crippen LogP contribution in [0.1, 0.15) is 67.6 Å². The summed E-state index contributed by atoms with van der Waals surface area (Å²) < 4.78 is 0. The molecule has 3 aliphatic rings. The van der Waals surface area contributed by atoms with Gasteiger partial charge in [-0.05, 0) is 34.4 Å². The molecule has 4 N–H and O–H groups in total. The Kier molecular flexibility index (Phi) is 2.95. The number of hydrogen-bond acceptors (Lipinski definition) is 6. The van der Waals surface area contributed by atoms with E-state index in [0.29, 0.717) is 22.3 Å². The summed E-state index contributed by atoms with van der Waals surface area (Å²) in [6.07, 6.45) is -2.27. The first-order valence-corrected chi connectivity index (χ1v) is 8.54. The Morgan fingerprint density at radius 1 is 0.692 bits per heavy atom. The van der Waals surface area contributed by atoms with Crippen molar-refractivity contribution in [3.8, 4) is 11.5 Å². The van der Waals surface area contributed by atoms with Crippen molar-refractivity contribution in [1.82, 2.24) is 0 Å². The molecule has 0 amide bonds. The number of aliphatic hydroxyl groups excluding tert-OH is 2. The maximum atomic E-state index is 12.5. The summed E-state index contributed by atoms with van der Waals surface area (Å²) in [5, 5.41) is 41.8. The van der Waals surface area contributed by atoms with Crippen LogP contribution in [-0.4, -0.2) is 44.2 Å². The number of carbonyl (C=O) groups is 2. The van der Waals surface area contributed by atoms with Gasteiger partial charge in [0.25, 0.3) is 0 Å². The predicted octanol–water partition coefficient (Wildman–Crippen LogP) is 1.57. The van der Waals surface area contributed by atoms with E-state index in [9.17, 15) is 30.0 Å². The number of benzene rings is 2. The molecule has 132 valence electrons. The average Bonchev–Trinajstić information content (AvgIpc) is 2.57. The number of rotatable bonds is 0. The van der Waals surface area contributed by atoms with E-state index in [1.165, 1.54) is 12.1 Å². The quantitative estimate of drug-likeness (QED) is 0.572. The molecule has 0 fully saturated rings. The summed E-state index contributed by atoms with van der Waals surface area (Å²) in [5.74, 6) is -2.15. The van der Waals surface area contributed by atoms with E-state index >= 15 is 0 Å². The molecule has 0 saturated carbocycles. The molecular weight excluding hydrogens is 336 g/mol. The molecule has 2 aromatic carbocycles. The minimum Gasteiger partial charge on any atom is -0.507 e. The number of phenols is 2. The number of phenolic OH excluding ortho intramolecular Hbond substituents is 2. The van der Waals surface area contributed by atoms with Crippen molar-refractivity contribution in [1.29, 1.82) is 0 Å². The number of fused-ring (bicyclic) bond motifs is 2. The topological polar surface area (TPSA) is 115 Å². The Hall–Kier alpha value is -2.70. The van der Waals surface area contributed by atoms with Crippen LogP contribution in [0.4, 0.5) is 0 Å². The van der Waals surface area contributed by atoms with Gasteiger partial charge in [0.1, 0.15) is 11.5 Å². The second-order valence-electron chi connectivity index (χ2n) is 7.27. The van der Waals surface area contributed by atoms with Gasteiger partial charge >= 0.3 is 0 Å². The third-order valence-electron chi connectivity index (χ3n) is 5.92. The summed E-state index contributed by atoms with van der Waals surface area (Å²) in [5.41, 5.74) is 2.65. The van der Waals surface area contributed by atoms with E-state index in [4.69, 9.17) is 0 Å². The molecule has 5 rings (SSSR count). The summed E-state index contributed by atoms with van der Waals surface area (Å²) >= 11 is 0. The smallest absolute Gasteiger partial charge is 0.169 e. The first kappa shape index (κ1) is 15.5. The van der Waals surface area contributed by atoms with Crippen molar-refractivity contribution >= 4 is 11.6 Å². The minimum absolute atomic E-state index is 0.133. The molecule has 4 atom stereocenters. The molecule has 6 heteroatoms. The molecule has 26 heavy (non-hydrogen) atoms. The van der Waals surface area contributed by atoms with Gasteiger partial charge in [0.15, 0.2) is 11.6 Å². The molecule has 0 aromatic heterocycles. The van der Waals surface area contributed by atoms with Gasteiger partial charge in [0.05, 0.1) is 23.3 Å². The van der Waals surface area contributed by atoms with E-state index in [-0.39, 0.29) is 47.0 Å². The van der Waals surface area contributed by atoms with Gasteiger partial charge < -0.3 is 20.4 Å². The summed E-state index contributed by atoms with van der Waals surface area (Å²) in [6, 6.07) is 6.09. The lowest BCUT2D eigenvalue weighted by Gasteiger charge is -2.43.